The van der Waals surface area contributed by atoms with Crippen LogP contribution in [0.3, 0.4) is 0 Å². The molecule has 1 N–H and O–H groups in total. The first kappa shape index (κ1) is 22.4. The van der Waals surface area contributed by atoms with Gasteiger partial charge in [0, 0.05) is 17.8 Å². The number of carboxylic acids is 1. The molecule has 174 valence electrons. The largest absolute Gasteiger partial charge is 0.481 e. The fraction of sp³-hybridized carbons (Fsp3) is 0.333. The van der Waals surface area contributed by atoms with Crippen molar-refractivity contribution in [1.29, 1.82) is 0 Å². The van der Waals surface area contributed by atoms with Crippen molar-refractivity contribution in [1.82, 2.24) is 0 Å². The van der Waals surface area contributed by atoms with Gasteiger partial charge in [-0.1, -0.05) is 97.4 Å². The van der Waals surface area contributed by atoms with Crippen LogP contribution in [0.5, 0.6) is 0 Å². The van der Waals surface area contributed by atoms with Gasteiger partial charge in [0.15, 0.2) is 0 Å². The second-order valence-electron chi connectivity index (χ2n) is 9.54. The molecule has 4 nitrogen and oxygen atoms in total. The lowest BCUT2D eigenvalue weighted by Crippen LogP contribution is -2.52. The summed E-state index contributed by atoms with van der Waals surface area (Å²) in [6, 6.07) is 29.4. The second kappa shape index (κ2) is 9.84. The van der Waals surface area contributed by atoms with E-state index in [1.165, 1.54) is 5.56 Å². The summed E-state index contributed by atoms with van der Waals surface area (Å²) in [5.41, 5.74) is 2.97. The maximum absolute atomic E-state index is 13.8. The molecular weight excluding hydrogens is 424 g/mol. The van der Waals surface area contributed by atoms with Crippen LogP contribution in [-0.2, 0) is 14.3 Å². The van der Waals surface area contributed by atoms with E-state index in [0.29, 0.717) is 0 Å². The number of benzene rings is 3. The van der Waals surface area contributed by atoms with Gasteiger partial charge in [-0.3, -0.25) is 9.59 Å². The third-order valence-electron chi connectivity index (χ3n) is 7.67. The Hall–Kier alpha value is -3.40. The monoisotopic (exact) mass is 454 g/mol. The first-order chi connectivity index (χ1) is 16.6. The van der Waals surface area contributed by atoms with E-state index >= 15 is 0 Å². The molecule has 2 aliphatic carbocycles. The molecule has 0 bridgehead atoms. The minimum atomic E-state index is -0.869. The Kier molecular flexibility index (Phi) is 6.48. The number of hydrogen-bond donors (Lipinski definition) is 1. The topological polar surface area (TPSA) is 63.6 Å². The third-order valence-corrected chi connectivity index (χ3v) is 7.67. The number of carboxylic acid groups (broad SMARTS) is 1. The highest BCUT2D eigenvalue weighted by Crippen LogP contribution is 2.58. The van der Waals surface area contributed by atoms with E-state index in [-0.39, 0.29) is 18.0 Å². The Morgan fingerprint density at radius 3 is 1.62 bits per heavy atom. The molecule has 2 fully saturated rings. The van der Waals surface area contributed by atoms with Gasteiger partial charge in [-0.05, 0) is 36.0 Å². The van der Waals surface area contributed by atoms with Crippen LogP contribution in [0.4, 0.5) is 0 Å². The summed E-state index contributed by atoms with van der Waals surface area (Å²) in [6.45, 7) is 0. The Bertz CT molecular complexity index is 1060. The standard InChI is InChI=1S/C30H30O4/c31-29(32)27-25(21-14-6-2-7-15-21)28(26(27)22-16-8-3-9-17-22)30(33)34-24-19-11-10-18-23(24)20-12-4-1-5-13-20/h1-9,12-17,23-28H,10-11,18-19H2,(H,31,32)/t23?,24-,25+,26+,27?,28?/m1/s1. The predicted molar refractivity (Wildman–Crippen MR) is 131 cm³/mol. The highest BCUT2D eigenvalue weighted by atomic mass is 16.5. The van der Waals surface area contributed by atoms with Gasteiger partial charge in [-0.25, -0.2) is 0 Å². The van der Waals surface area contributed by atoms with Gasteiger partial charge in [-0.15, -0.1) is 0 Å². The smallest absolute Gasteiger partial charge is 0.310 e. The van der Waals surface area contributed by atoms with Crippen molar-refractivity contribution in [2.75, 3.05) is 0 Å². The third kappa shape index (κ3) is 4.25. The van der Waals surface area contributed by atoms with E-state index in [4.69, 9.17) is 4.74 Å². The first-order valence-corrected chi connectivity index (χ1v) is 12.2. The lowest BCUT2D eigenvalue weighted by molar-refractivity contribution is -0.170. The minimum absolute atomic E-state index is 0.180. The number of esters is 1. The fourth-order valence-corrected chi connectivity index (χ4v) is 6.08. The zero-order valence-electron chi connectivity index (χ0n) is 19.1. The average molecular weight is 455 g/mol. The number of ether oxygens (including phenoxy) is 1. The molecule has 4 atom stereocenters. The van der Waals surface area contributed by atoms with Crippen molar-refractivity contribution in [2.24, 2.45) is 11.8 Å². The minimum Gasteiger partial charge on any atom is -0.481 e. The summed E-state index contributed by atoms with van der Waals surface area (Å²) >= 11 is 0. The molecule has 2 aliphatic rings. The zero-order chi connectivity index (χ0) is 23.5. The van der Waals surface area contributed by atoms with Crippen LogP contribution in [0.15, 0.2) is 91.0 Å². The van der Waals surface area contributed by atoms with Crippen LogP contribution in [0.25, 0.3) is 0 Å². The summed E-state index contributed by atoms with van der Waals surface area (Å²) in [5.74, 6) is -2.97. The van der Waals surface area contributed by atoms with Gasteiger partial charge < -0.3 is 9.84 Å². The van der Waals surface area contributed by atoms with Crippen LogP contribution in [0, 0.1) is 11.8 Å². The second-order valence-corrected chi connectivity index (χ2v) is 9.54. The fourth-order valence-electron chi connectivity index (χ4n) is 6.08. The normalized spacial score (nSPS) is 28.5. The molecule has 0 aromatic heterocycles. The summed E-state index contributed by atoms with van der Waals surface area (Å²) in [6.07, 6.45) is 3.81. The first-order valence-electron chi connectivity index (χ1n) is 12.2. The van der Waals surface area contributed by atoms with Crippen LogP contribution < -0.4 is 0 Å². The molecule has 3 aromatic carbocycles. The van der Waals surface area contributed by atoms with Gasteiger partial charge in [0.25, 0.3) is 0 Å². The van der Waals surface area contributed by atoms with Crippen molar-refractivity contribution in [3.63, 3.8) is 0 Å². The Morgan fingerprint density at radius 2 is 1.12 bits per heavy atom. The Morgan fingerprint density at radius 1 is 0.647 bits per heavy atom. The summed E-state index contributed by atoms with van der Waals surface area (Å²) in [4.78, 5) is 26.2. The predicted octanol–water partition coefficient (Wildman–Crippen LogP) is 6.15. The lowest BCUT2D eigenvalue weighted by Gasteiger charge is -2.49. The highest BCUT2D eigenvalue weighted by molar-refractivity contribution is 5.84. The van der Waals surface area contributed by atoms with Crippen molar-refractivity contribution < 1.29 is 19.4 Å². The molecule has 4 heteroatoms. The van der Waals surface area contributed by atoms with Gasteiger partial charge in [0.2, 0.25) is 0 Å². The van der Waals surface area contributed by atoms with Gasteiger partial charge in [0.05, 0.1) is 11.8 Å². The summed E-state index contributed by atoms with van der Waals surface area (Å²) in [7, 11) is 0. The van der Waals surface area contributed by atoms with Crippen molar-refractivity contribution in [2.45, 2.75) is 49.5 Å². The molecule has 0 heterocycles. The van der Waals surface area contributed by atoms with E-state index in [9.17, 15) is 14.7 Å². The number of aliphatic carboxylic acids is 1. The molecule has 0 aliphatic heterocycles. The number of rotatable bonds is 6. The molecule has 34 heavy (non-hydrogen) atoms. The Labute approximate surface area is 200 Å². The molecule has 0 radical (unpaired) electrons. The van der Waals surface area contributed by atoms with Crippen LogP contribution in [0.2, 0.25) is 0 Å². The van der Waals surface area contributed by atoms with Crippen molar-refractivity contribution in [3.05, 3.63) is 108 Å². The summed E-state index contributed by atoms with van der Waals surface area (Å²) in [5, 5.41) is 10.2. The maximum atomic E-state index is 13.8. The quantitative estimate of drug-likeness (QED) is 0.454. The van der Waals surface area contributed by atoms with E-state index < -0.39 is 29.6 Å². The molecule has 0 spiro atoms. The van der Waals surface area contributed by atoms with Crippen molar-refractivity contribution in [3.8, 4) is 0 Å². The van der Waals surface area contributed by atoms with Gasteiger partial charge >= 0.3 is 11.9 Å². The molecular formula is C30H30O4. The van der Waals surface area contributed by atoms with Crippen LogP contribution in [0.1, 0.15) is 60.1 Å². The molecule has 1 unspecified atom stereocenters. The summed E-state index contributed by atoms with van der Waals surface area (Å²) < 4.78 is 6.26. The SMILES string of the molecule is O=C(O)C1[C@H](c2ccccc2)C(C(=O)O[C@@H]2CCCCC2c2ccccc2)[C@H]1c1ccccc1. The zero-order valence-corrected chi connectivity index (χ0v) is 19.1. The van der Waals surface area contributed by atoms with Gasteiger partial charge in [0.1, 0.15) is 6.10 Å². The van der Waals surface area contributed by atoms with E-state index in [1.54, 1.807) is 0 Å². The molecule has 2 saturated carbocycles. The maximum Gasteiger partial charge on any atom is 0.310 e. The molecule has 0 amide bonds. The van der Waals surface area contributed by atoms with E-state index in [1.807, 2.05) is 78.9 Å². The van der Waals surface area contributed by atoms with E-state index in [0.717, 1.165) is 36.8 Å². The highest BCUT2D eigenvalue weighted by Gasteiger charge is 2.59. The van der Waals surface area contributed by atoms with Crippen molar-refractivity contribution >= 4 is 11.9 Å². The van der Waals surface area contributed by atoms with Crippen LogP contribution >= 0.6 is 0 Å². The number of carbonyl (C=O) groups excluding carboxylic acids is 1. The number of hydrogen-bond acceptors (Lipinski definition) is 3. The van der Waals surface area contributed by atoms with Crippen LogP contribution in [-0.4, -0.2) is 23.1 Å². The lowest BCUT2D eigenvalue weighted by atomic mass is 9.52. The molecule has 0 saturated heterocycles. The molecule has 3 aromatic rings. The van der Waals surface area contributed by atoms with E-state index in [2.05, 4.69) is 12.1 Å². The molecule has 5 rings (SSSR count). The average Bonchev–Trinajstić information content (AvgIpc) is 2.85. The van der Waals surface area contributed by atoms with Gasteiger partial charge in [-0.2, -0.15) is 0 Å². The number of carbonyl (C=O) groups is 2. The Balaban J connectivity index is 1.46.